The predicted molar refractivity (Wildman–Crippen MR) is 74.4 cm³/mol. The van der Waals surface area contributed by atoms with Gasteiger partial charge >= 0.3 is 0 Å². The summed E-state index contributed by atoms with van der Waals surface area (Å²) in [5.74, 6) is 0. The van der Waals surface area contributed by atoms with Gasteiger partial charge in [-0.15, -0.1) is 0 Å². The van der Waals surface area contributed by atoms with E-state index >= 15 is 0 Å². The summed E-state index contributed by atoms with van der Waals surface area (Å²) in [5.41, 5.74) is 5.08. The third-order valence-corrected chi connectivity index (χ3v) is 4.18. The van der Waals surface area contributed by atoms with Crippen LogP contribution in [0.25, 0.3) is 5.57 Å². The first-order valence-corrected chi connectivity index (χ1v) is 6.30. The van der Waals surface area contributed by atoms with Crippen LogP contribution in [-0.2, 0) is 0 Å². The number of benzene rings is 1. The summed E-state index contributed by atoms with van der Waals surface area (Å²) in [7, 11) is 0. The van der Waals surface area contributed by atoms with E-state index in [4.69, 9.17) is 0 Å². The smallest absolute Gasteiger partial charge is 0.0954 e. The molecule has 92 valence electrons. The molecule has 2 heteroatoms. The minimum atomic E-state index is 0.0230. The minimum absolute atomic E-state index is 0.0230. The summed E-state index contributed by atoms with van der Waals surface area (Å²) in [4.78, 5) is 4.26. The largest absolute Gasteiger partial charge is 0.326 e. The molecular formula is C16H18N2. The summed E-state index contributed by atoms with van der Waals surface area (Å²) >= 11 is 0. The van der Waals surface area contributed by atoms with E-state index in [0.29, 0.717) is 6.04 Å². The second kappa shape index (κ2) is 3.58. The third kappa shape index (κ3) is 1.32. The minimum Gasteiger partial charge on any atom is -0.326 e. The monoisotopic (exact) mass is 238 g/mol. The van der Waals surface area contributed by atoms with E-state index in [9.17, 15) is 0 Å². The molecule has 0 aliphatic heterocycles. The van der Waals surface area contributed by atoms with Crippen molar-refractivity contribution in [1.29, 1.82) is 0 Å². The van der Waals surface area contributed by atoms with Gasteiger partial charge in [0.25, 0.3) is 0 Å². The summed E-state index contributed by atoms with van der Waals surface area (Å²) in [6, 6.07) is 8.87. The van der Waals surface area contributed by atoms with Crippen LogP contribution in [0, 0.1) is 12.3 Å². The third-order valence-electron chi connectivity index (χ3n) is 4.18. The Kier molecular flexibility index (Phi) is 2.24. The van der Waals surface area contributed by atoms with E-state index in [-0.39, 0.29) is 5.41 Å². The zero-order valence-electron chi connectivity index (χ0n) is 11.1. The first-order valence-electron chi connectivity index (χ1n) is 6.30. The highest BCUT2D eigenvalue weighted by Gasteiger charge is 2.43. The predicted octanol–water partition coefficient (Wildman–Crippen LogP) is 3.83. The van der Waals surface area contributed by atoms with Crippen LogP contribution in [0.2, 0.25) is 0 Å². The van der Waals surface area contributed by atoms with Gasteiger partial charge < -0.3 is 4.57 Å². The Morgan fingerprint density at radius 1 is 1.28 bits per heavy atom. The molecule has 0 bridgehead atoms. The lowest BCUT2D eigenvalue weighted by Crippen LogP contribution is -2.23. The Morgan fingerprint density at radius 2 is 2.00 bits per heavy atom. The van der Waals surface area contributed by atoms with Crippen molar-refractivity contribution in [3.05, 3.63) is 60.2 Å². The summed E-state index contributed by atoms with van der Waals surface area (Å²) in [6.07, 6.45) is 3.84. The fourth-order valence-electron chi connectivity index (χ4n) is 3.05. The van der Waals surface area contributed by atoms with Crippen LogP contribution in [-0.4, -0.2) is 9.55 Å². The highest BCUT2D eigenvalue weighted by Crippen LogP contribution is 2.54. The molecule has 2 aromatic rings. The van der Waals surface area contributed by atoms with Gasteiger partial charge in [-0.05, 0) is 23.6 Å². The molecule has 0 saturated carbocycles. The molecule has 0 saturated heterocycles. The number of hydrogen-bond donors (Lipinski definition) is 0. The molecule has 1 atom stereocenters. The lowest BCUT2D eigenvalue weighted by Gasteiger charge is -2.30. The van der Waals surface area contributed by atoms with Gasteiger partial charge in [-0.1, -0.05) is 44.7 Å². The number of nitrogens with zero attached hydrogens (tertiary/aromatic N) is 2. The Bertz CT molecular complexity index is 620. The molecule has 18 heavy (non-hydrogen) atoms. The van der Waals surface area contributed by atoms with Gasteiger partial charge in [0.2, 0.25) is 0 Å². The van der Waals surface area contributed by atoms with Crippen LogP contribution in [0.15, 0.2) is 43.4 Å². The SMILES string of the molecule is C=C1c2ccccc2C(n2cncc2C)C1(C)C. The van der Waals surface area contributed by atoms with Gasteiger partial charge in [0.1, 0.15) is 0 Å². The molecule has 1 heterocycles. The molecule has 0 spiro atoms. The molecule has 1 aromatic carbocycles. The van der Waals surface area contributed by atoms with E-state index in [1.54, 1.807) is 0 Å². The zero-order valence-corrected chi connectivity index (χ0v) is 11.1. The fourth-order valence-corrected chi connectivity index (χ4v) is 3.05. The normalized spacial score (nSPS) is 21.1. The Labute approximate surface area is 108 Å². The number of fused-ring (bicyclic) bond motifs is 1. The number of rotatable bonds is 1. The van der Waals surface area contributed by atoms with E-state index in [0.717, 1.165) is 0 Å². The molecule has 1 aliphatic rings. The van der Waals surface area contributed by atoms with Crippen molar-refractivity contribution < 1.29 is 0 Å². The molecule has 1 unspecified atom stereocenters. The first kappa shape index (κ1) is 11.3. The maximum atomic E-state index is 4.30. The maximum absolute atomic E-state index is 4.30. The maximum Gasteiger partial charge on any atom is 0.0954 e. The number of aromatic nitrogens is 2. The van der Waals surface area contributed by atoms with Crippen molar-refractivity contribution in [2.24, 2.45) is 5.41 Å². The average Bonchev–Trinajstić information content (AvgIpc) is 2.82. The van der Waals surface area contributed by atoms with Crippen molar-refractivity contribution in [2.45, 2.75) is 26.8 Å². The number of aryl methyl sites for hydroxylation is 1. The topological polar surface area (TPSA) is 17.8 Å². The second-order valence-corrected chi connectivity index (χ2v) is 5.63. The number of imidazole rings is 1. The van der Waals surface area contributed by atoms with Crippen molar-refractivity contribution >= 4 is 5.57 Å². The van der Waals surface area contributed by atoms with Crippen LogP contribution in [0.5, 0.6) is 0 Å². The van der Waals surface area contributed by atoms with Gasteiger partial charge in [0.15, 0.2) is 0 Å². The van der Waals surface area contributed by atoms with E-state index < -0.39 is 0 Å². The lowest BCUT2D eigenvalue weighted by atomic mass is 9.82. The highest BCUT2D eigenvalue weighted by molar-refractivity contribution is 5.77. The molecule has 0 fully saturated rings. The summed E-state index contributed by atoms with van der Waals surface area (Å²) < 4.78 is 2.26. The lowest BCUT2D eigenvalue weighted by molar-refractivity contribution is 0.357. The Morgan fingerprint density at radius 3 is 2.67 bits per heavy atom. The van der Waals surface area contributed by atoms with Crippen molar-refractivity contribution in [2.75, 3.05) is 0 Å². The van der Waals surface area contributed by atoms with Gasteiger partial charge in [-0.25, -0.2) is 4.98 Å². The molecule has 3 rings (SSSR count). The fraction of sp³-hybridized carbons (Fsp3) is 0.312. The van der Waals surface area contributed by atoms with E-state index in [1.165, 1.54) is 22.4 Å². The number of allylic oxidation sites excluding steroid dienone is 1. The van der Waals surface area contributed by atoms with Crippen LogP contribution < -0.4 is 0 Å². The molecule has 1 aliphatic carbocycles. The molecule has 0 amide bonds. The molecule has 0 N–H and O–H groups in total. The van der Waals surface area contributed by atoms with Crippen LogP contribution in [0.4, 0.5) is 0 Å². The van der Waals surface area contributed by atoms with Crippen LogP contribution >= 0.6 is 0 Å². The first-order chi connectivity index (χ1) is 8.53. The highest BCUT2D eigenvalue weighted by atomic mass is 15.1. The van der Waals surface area contributed by atoms with Gasteiger partial charge in [-0.3, -0.25) is 0 Å². The van der Waals surface area contributed by atoms with Gasteiger partial charge in [0.05, 0.1) is 12.4 Å². The standard InChI is InChI=1S/C16H18N2/c1-11-9-17-10-18(11)15-14-8-6-5-7-13(14)12(2)16(15,3)4/h5-10,15H,2H2,1,3-4H3. The van der Waals surface area contributed by atoms with E-state index in [2.05, 4.69) is 61.2 Å². The molecule has 2 nitrogen and oxygen atoms in total. The average molecular weight is 238 g/mol. The summed E-state index contributed by atoms with van der Waals surface area (Å²) in [6.45, 7) is 10.9. The molecule has 1 aromatic heterocycles. The zero-order chi connectivity index (χ0) is 12.9. The quantitative estimate of drug-likeness (QED) is 0.738. The molecule has 0 radical (unpaired) electrons. The van der Waals surface area contributed by atoms with Crippen LogP contribution in [0.3, 0.4) is 0 Å². The Balaban J connectivity index is 2.26. The van der Waals surface area contributed by atoms with Gasteiger partial charge in [-0.2, -0.15) is 0 Å². The van der Waals surface area contributed by atoms with Crippen LogP contribution in [0.1, 0.15) is 36.7 Å². The van der Waals surface area contributed by atoms with E-state index in [1.807, 2.05) is 12.5 Å². The van der Waals surface area contributed by atoms with Gasteiger partial charge in [0, 0.05) is 17.3 Å². The van der Waals surface area contributed by atoms with Crippen molar-refractivity contribution in [1.82, 2.24) is 9.55 Å². The number of hydrogen-bond acceptors (Lipinski definition) is 1. The second-order valence-electron chi connectivity index (χ2n) is 5.63. The molecular weight excluding hydrogens is 220 g/mol. The summed E-state index contributed by atoms with van der Waals surface area (Å²) in [5, 5.41) is 0. The van der Waals surface area contributed by atoms with Crippen molar-refractivity contribution in [3.8, 4) is 0 Å². The Hall–Kier alpha value is -1.83. The van der Waals surface area contributed by atoms with Crippen molar-refractivity contribution in [3.63, 3.8) is 0 Å².